The normalized spacial score (nSPS) is 15.3. The van der Waals surface area contributed by atoms with Crippen LogP contribution in [-0.2, 0) is 11.3 Å². The molecule has 0 heterocycles. The third kappa shape index (κ3) is 4.26. The third-order valence-corrected chi connectivity index (χ3v) is 2.89. The lowest BCUT2D eigenvalue weighted by molar-refractivity contribution is -0.120. The Balaban J connectivity index is 1.80. The first-order valence-corrected chi connectivity index (χ1v) is 6.26. The van der Waals surface area contributed by atoms with Crippen LogP contribution in [0.5, 0.6) is 0 Å². The summed E-state index contributed by atoms with van der Waals surface area (Å²) in [6, 6.07) is 7.71. The Labute approximate surface area is 111 Å². The van der Waals surface area contributed by atoms with Crippen molar-refractivity contribution in [1.29, 1.82) is 0 Å². The molecule has 0 aromatic heterocycles. The van der Waals surface area contributed by atoms with Crippen LogP contribution < -0.4 is 16.4 Å². The summed E-state index contributed by atoms with van der Waals surface area (Å²) in [5.41, 5.74) is 7.15. The number of hydrogen-bond acceptors (Lipinski definition) is 4. The summed E-state index contributed by atoms with van der Waals surface area (Å²) in [7, 11) is 0. The van der Waals surface area contributed by atoms with Crippen molar-refractivity contribution in [2.75, 3.05) is 6.54 Å². The molecule has 19 heavy (non-hydrogen) atoms. The van der Waals surface area contributed by atoms with Gasteiger partial charge in [-0.25, -0.2) is 0 Å². The maximum atomic E-state index is 11.5. The van der Waals surface area contributed by atoms with E-state index < -0.39 is 0 Å². The molecule has 1 saturated carbocycles. The Morgan fingerprint density at radius 1 is 1.47 bits per heavy atom. The topological polar surface area (TPSA) is 99.7 Å². The summed E-state index contributed by atoms with van der Waals surface area (Å²) in [6.45, 7) is 0.856. The van der Waals surface area contributed by atoms with Crippen molar-refractivity contribution in [3.63, 3.8) is 0 Å². The lowest BCUT2D eigenvalue weighted by Gasteiger charge is -2.07. The van der Waals surface area contributed by atoms with E-state index in [9.17, 15) is 4.79 Å². The first kappa shape index (κ1) is 13.4. The molecule has 1 aliphatic carbocycles. The summed E-state index contributed by atoms with van der Waals surface area (Å²) in [4.78, 5) is 11.5. The second-order valence-electron chi connectivity index (χ2n) is 4.63. The molecule has 1 amide bonds. The average molecular weight is 262 g/mol. The van der Waals surface area contributed by atoms with Gasteiger partial charge in [0.15, 0.2) is 5.84 Å². The number of rotatable bonds is 6. The van der Waals surface area contributed by atoms with E-state index >= 15 is 0 Å². The zero-order valence-corrected chi connectivity index (χ0v) is 10.6. The molecule has 1 aromatic rings. The van der Waals surface area contributed by atoms with Gasteiger partial charge >= 0.3 is 0 Å². The second kappa shape index (κ2) is 6.19. The van der Waals surface area contributed by atoms with Gasteiger partial charge in [-0.3, -0.25) is 4.79 Å². The smallest absolute Gasteiger partial charge is 0.234 e. The number of nitrogens with two attached hydrogens (primary N) is 1. The van der Waals surface area contributed by atoms with Gasteiger partial charge in [0.2, 0.25) is 5.91 Å². The molecule has 2 rings (SSSR count). The van der Waals surface area contributed by atoms with Gasteiger partial charge in [0.1, 0.15) is 0 Å². The van der Waals surface area contributed by atoms with Gasteiger partial charge in [-0.2, -0.15) is 0 Å². The molecule has 0 saturated heterocycles. The quantitative estimate of drug-likeness (QED) is 0.254. The summed E-state index contributed by atoms with van der Waals surface area (Å²) >= 11 is 0. The van der Waals surface area contributed by atoms with E-state index in [4.69, 9.17) is 10.9 Å². The lowest BCUT2D eigenvalue weighted by Crippen LogP contribution is -2.34. The van der Waals surface area contributed by atoms with E-state index in [1.54, 1.807) is 6.07 Å². The van der Waals surface area contributed by atoms with Crippen LogP contribution in [0.4, 0.5) is 0 Å². The minimum atomic E-state index is 0.0232. The van der Waals surface area contributed by atoms with Crippen LogP contribution in [0.15, 0.2) is 29.4 Å². The van der Waals surface area contributed by atoms with Gasteiger partial charge in [0.25, 0.3) is 0 Å². The number of amides is 1. The number of carbonyl (C=O) groups is 1. The number of benzene rings is 1. The van der Waals surface area contributed by atoms with Crippen molar-refractivity contribution in [3.8, 4) is 0 Å². The molecule has 0 bridgehead atoms. The molecule has 0 unspecified atom stereocenters. The summed E-state index contributed by atoms with van der Waals surface area (Å²) < 4.78 is 0. The van der Waals surface area contributed by atoms with Gasteiger partial charge < -0.3 is 21.6 Å². The summed E-state index contributed by atoms with van der Waals surface area (Å²) in [5.74, 6) is 0.100. The third-order valence-electron chi connectivity index (χ3n) is 2.89. The van der Waals surface area contributed by atoms with Crippen molar-refractivity contribution in [2.24, 2.45) is 10.9 Å². The largest absolute Gasteiger partial charge is 0.409 e. The predicted octanol–water partition coefficient (Wildman–Crippen LogP) is 0.149. The molecule has 6 nitrogen and oxygen atoms in total. The molecule has 1 aliphatic rings. The van der Waals surface area contributed by atoms with E-state index in [0.29, 0.717) is 24.7 Å². The zero-order chi connectivity index (χ0) is 13.7. The standard InChI is InChI=1S/C13H18N4O2/c14-13(17-19)10-3-1-2-9(6-10)7-15-8-12(18)16-11-4-5-11/h1-3,6,11,15,19H,4-5,7-8H2,(H2,14,17)(H,16,18). The molecular weight excluding hydrogens is 244 g/mol. The average Bonchev–Trinajstić information content (AvgIpc) is 3.22. The van der Waals surface area contributed by atoms with E-state index in [2.05, 4.69) is 15.8 Å². The molecule has 1 fully saturated rings. The van der Waals surface area contributed by atoms with Crippen molar-refractivity contribution in [1.82, 2.24) is 10.6 Å². The van der Waals surface area contributed by atoms with Crippen LogP contribution in [0.3, 0.4) is 0 Å². The fourth-order valence-corrected chi connectivity index (χ4v) is 1.73. The maximum absolute atomic E-state index is 11.5. The van der Waals surface area contributed by atoms with Gasteiger partial charge in [-0.1, -0.05) is 23.4 Å². The van der Waals surface area contributed by atoms with Gasteiger partial charge in [0.05, 0.1) is 6.54 Å². The summed E-state index contributed by atoms with van der Waals surface area (Å²) in [6.07, 6.45) is 2.18. The first-order valence-electron chi connectivity index (χ1n) is 6.26. The lowest BCUT2D eigenvalue weighted by atomic mass is 10.1. The van der Waals surface area contributed by atoms with Crippen LogP contribution in [0.2, 0.25) is 0 Å². The predicted molar refractivity (Wildman–Crippen MR) is 71.8 cm³/mol. The Kier molecular flexibility index (Phi) is 4.35. The number of nitrogens with one attached hydrogen (secondary N) is 2. The summed E-state index contributed by atoms with van der Waals surface area (Å²) in [5, 5.41) is 17.5. The van der Waals surface area contributed by atoms with Crippen LogP contribution in [0.1, 0.15) is 24.0 Å². The highest BCUT2D eigenvalue weighted by atomic mass is 16.4. The molecule has 0 atom stereocenters. The van der Waals surface area contributed by atoms with Crippen LogP contribution >= 0.6 is 0 Å². The molecular formula is C13H18N4O2. The Morgan fingerprint density at radius 2 is 2.26 bits per heavy atom. The van der Waals surface area contributed by atoms with Gasteiger partial charge in [-0.05, 0) is 24.5 Å². The Bertz CT molecular complexity index is 483. The highest BCUT2D eigenvalue weighted by Gasteiger charge is 2.22. The minimum Gasteiger partial charge on any atom is -0.409 e. The highest BCUT2D eigenvalue weighted by molar-refractivity contribution is 5.97. The van der Waals surface area contributed by atoms with Crippen LogP contribution in [0.25, 0.3) is 0 Å². The molecule has 0 spiro atoms. The molecule has 0 aliphatic heterocycles. The minimum absolute atomic E-state index is 0.0232. The van der Waals surface area contributed by atoms with Crippen LogP contribution in [0, 0.1) is 0 Å². The number of carbonyl (C=O) groups excluding carboxylic acids is 1. The Morgan fingerprint density at radius 3 is 2.95 bits per heavy atom. The van der Waals surface area contributed by atoms with E-state index in [1.807, 2.05) is 18.2 Å². The Hall–Kier alpha value is -2.08. The first-order chi connectivity index (χ1) is 9.19. The van der Waals surface area contributed by atoms with Crippen molar-refractivity contribution in [2.45, 2.75) is 25.4 Å². The maximum Gasteiger partial charge on any atom is 0.234 e. The molecule has 6 heteroatoms. The van der Waals surface area contributed by atoms with Crippen molar-refractivity contribution >= 4 is 11.7 Å². The number of oxime groups is 1. The zero-order valence-electron chi connectivity index (χ0n) is 10.6. The van der Waals surface area contributed by atoms with Crippen molar-refractivity contribution in [3.05, 3.63) is 35.4 Å². The fraction of sp³-hybridized carbons (Fsp3) is 0.385. The molecule has 102 valence electrons. The van der Waals surface area contributed by atoms with E-state index in [0.717, 1.165) is 18.4 Å². The number of amidine groups is 1. The van der Waals surface area contributed by atoms with Gasteiger partial charge in [-0.15, -0.1) is 0 Å². The SMILES string of the molecule is NC(=NO)c1cccc(CNCC(=O)NC2CC2)c1. The molecule has 1 aromatic carbocycles. The van der Waals surface area contributed by atoms with E-state index in [1.165, 1.54) is 0 Å². The number of nitrogens with zero attached hydrogens (tertiary/aromatic N) is 1. The number of hydrogen-bond donors (Lipinski definition) is 4. The fourth-order valence-electron chi connectivity index (χ4n) is 1.73. The molecule has 0 radical (unpaired) electrons. The van der Waals surface area contributed by atoms with Gasteiger partial charge in [0, 0.05) is 18.2 Å². The van der Waals surface area contributed by atoms with E-state index in [-0.39, 0.29) is 11.7 Å². The monoisotopic (exact) mass is 262 g/mol. The van der Waals surface area contributed by atoms with Crippen LogP contribution in [-0.4, -0.2) is 29.5 Å². The second-order valence-corrected chi connectivity index (χ2v) is 4.63. The highest BCUT2D eigenvalue weighted by Crippen LogP contribution is 2.18. The molecule has 5 N–H and O–H groups in total. The van der Waals surface area contributed by atoms with Crippen molar-refractivity contribution < 1.29 is 10.0 Å².